The van der Waals surface area contributed by atoms with Crippen molar-refractivity contribution in [2.45, 2.75) is 19.6 Å². The zero-order valence-corrected chi connectivity index (χ0v) is 18.6. The van der Waals surface area contributed by atoms with Gasteiger partial charge in [0.05, 0.1) is 33.9 Å². The largest absolute Gasteiger partial charge is 0.416 e. The highest BCUT2D eigenvalue weighted by molar-refractivity contribution is 7.89. The van der Waals surface area contributed by atoms with Crippen molar-refractivity contribution in [3.63, 3.8) is 0 Å². The number of carbonyl (C=O) groups excluding carboxylic acids is 1. The van der Waals surface area contributed by atoms with Crippen molar-refractivity contribution < 1.29 is 26.4 Å². The molecule has 33 heavy (non-hydrogen) atoms. The van der Waals surface area contributed by atoms with E-state index < -0.39 is 50.3 Å². The topological polar surface area (TPSA) is 123 Å². The second-order valence-corrected chi connectivity index (χ2v) is 9.64. The van der Waals surface area contributed by atoms with Crippen LogP contribution in [0.2, 0.25) is 0 Å². The minimum Gasteiger partial charge on any atom is -0.335 e. The highest BCUT2D eigenvalue weighted by Gasteiger charge is 2.33. The average molecular weight is 500 g/mol. The van der Waals surface area contributed by atoms with Crippen molar-refractivity contribution in [3.8, 4) is 5.69 Å². The molecule has 0 saturated heterocycles. The molecule has 174 valence electrons. The van der Waals surface area contributed by atoms with Crippen LogP contribution < -0.4 is 16.0 Å². The molecule has 0 aliphatic rings. The Morgan fingerprint density at radius 2 is 1.88 bits per heavy atom. The van der Waals surface area contributed by atoms with Gasteiger partial charge in [0.2, 0.25) is 10.0 Å². The summed E-state index contributed by atoms with van der Waals surface area (Å²) in [6.45, 7) is 1.61. The highest BCUT2D eigenvalue weighted by atomic mass is 32.2. The third kappa shape index (κ3) is 3.84. The first-order valence-electron chi connectivity index (χ1n) is 9.30. The number of halogens is 3. The number of fused-ring (bicyclic) bond motifs is 2. The summed E-state index contributed by atoms with van der Waals surface area (Å²) in [7, 11) is -4.07. The maximum Gasteiger partial charge on any atom is 0.416 e. The molecule has 0 unspecified atom stereocenters. The van der Waals surface area contributed by atoms with Crippen molar-refractivity contribution in [2.75, 3.05) is 6.26 Å². The third-order valence-corrected chi connectivity index (χ3v) is 6.24. The Morgan fingerprint density at radius 1 is 1.18 bits per heavy atom. The minimum atomic E-state index is -4.75. The van der Waals surface area contributed by atoms with Crippen molar-refractivity contribution in [3.05, 3.63) is 61.1 Å². The lowest BCUT2D eigenvalue weighted by molar-refractivity contribution is -0.137. The molecule has 4 aromatic rings. The zero-order valence-electron chi connectivity index (χ0n) is 17.0. The summed E-state index contributed by atoms with van der Waals surface area (Å²) in [5, 5.41) is 2.82. The Kier molecular flexibility index (Phi) is 5.24. The molecule has 0 radical (unpaired) electrons. The molecule has 0 aliphatic carbocycles. The molecule has 1 aromatic carbocycles. The van der Waals surface area contributed by atoms with Crippen molar-refractivity contribution in [1.29, 1.82) is 0 Å². The number of thiophene rings is 1. The second kappa shape index (κ2) is 7.59. The number of hydrogen-bond acceptors (Lipinski definition) is 6. The predicted octanol–water partition coefficient (Wildman–Crippen LogP) is 2.42. The van der Waals surface area contributed by atoms with Crippen molar-refractivity contribution >= 4 is 49.1 Å². The smallest absolute Gasteiger partial charge is 0.335 e. The number of hydrogen-bond donors (Lipinski definition) is 2. The van der Waals surface area contributed by atoms with Gasteiger partial charge in [-0.15, -0.1) is 11.3 Å². The van der Waals surface area contributed by atoms with Gasteiger partial charge < -0.3 is 9.55 Å². The van der Waals surface area contributed by atoms with E-state index in [0.29, 0.717) is 4.57 Å². The van der Waals surface area contributed by atoms with E-state index in [0.717, 1.165) is 35.8 Å². The Morgan fingerprint density at radius 3 is 2.48 bits per heavy atom. The number of alkyl halides is 3. The molecule has 1 amide bonds. The number of nitrogens with one attached hydrogen (secondary N) is 2. The first kappa shape index (κ1) is 22.8. The summed E-state index contributed by atoms with van der Waals surface area (Å²) in [5.41, 5.74) is -3.49. The van der Waals surface area contributed by atoms with Gasteiger partial charge in [0.25, 0.3) is 11.5 Å². The molecule has 0 fully saturated rings. The Hall–Kier alpha value is -3.39. The van der Waals surface area contributed by atoms with Crippen LogP contribution in [0.5, 0.6) is 0 Å². The molecule has 3 heterocycles. The maximum absolute atomic E-state index is 13.4. The van der Waals surface area contributed by atoms with E-state index in [2.05, 4.69) is 4.98 Å². The van der Waals surface area contributed by atoms with Crippen LogP contribution in [0.1, 0.15) is 23.0 Å². The summed E-state index contributed by atoms with van der Waals surface area (Å²) in [5.74, 6) is -1.20. The molecule has 0 bridgehead atoms. The van der Waals surface area contributed by atoms with E-state index >= 15 is 0 Å². The van der Waals surface area contributed by atoms with Crippen LogP contribution in [0.4, 0.5) is 13.2 Å². The normalized spacial score (nSPS) is 12.5. The summed E-state index contributed by atoms with van der Waals surface area (Å²) in [4.78, 5) is 41.5. The molecule has 0 aliphatic heterocycles. The quantitative estimate of drug-likeness (QED) is 0.446. The van der Waals surface area contributed by atoms with Crippen molar-refractivity contribution in [1.82, 2.24) is 18.8 Å². The molecule has 0 saturated carbocycles. The number of aryl methyl sites for hydroxylation is 1. The van der Waals surface area contributed by atoms with Crippen molar-refractivity contribution in [2.24, 2.45) is 0 Å². The molecule has 9 nitrogen and oxygen atoms in total. The fourth-order valence-corrected chi connectivity index (χ4v) is 4.85. The van der Waals surface area contributed by atoms with Gasteiger partial charge >= 0.3 is 11.9 Å². The third-order valence-electron chi connectivity index (χ3n) is 4.94. The Bertz CT molecular complexity index is 1660. The second-order valence-electron chi connectivity index (χ2n) is 7.14. The number of benzene rings is 1. The van der Waals surface area contributed by atoms with E-state index in [1.54, 1.807) is 11.6 Å². The van der Waals surface area contributed by atoms with Crippen LogP contribution in [-0.2, 0) is 22.7 Å². The molecule has 0 spiro atoms. The Balaban J connectivity index is 2.22. The van der Waals surface area contributed by atoms with E-state index in [-0.39, 0.29) is 28.4 Å². The van der Waals surface area contributed by atoms with Gasteiger partial charge in [-0.05, 0) is 25.1 Å². The SMILES string of the molecule is CCn1c(C(=O)NS(C)(=O)=O)c(-n2c(=O)[nH]c3cscc3c2=O)c2cc(C(F)(F)F)ccc21. The Labute approximate surface area is 187 Å². The molecule has 4 rings (SSSR count). The number of sulfonamides is 1. The van der Waals surface area contributed by atoms with E-state index in [1.165, 1.54) is 15.3 Å². The van der Waals surface area contributed by atoms with Gasteiger partial charge in [-0.2, -0.15) is 13.2 Å². The molecule has 3 aromatic heterocycles. The monoisotopic (exact) mass is 500 g/mol. The summed E-state index contributed by atoms with van der Waals surface area (Å²) in [6, 6.07) is 2.62. The van der Waals surface area contributed by atoms with Gasteiger partial charge in [0.1, 0.15) is 5.69 Å². The lowest BCUT2D eigenvalue weighted by Gasteiger charge is -2.11. The van der Waals surface area contributed by atoms with Gasteiger partial charge in [0.15, 0.2) is 0 Å². The fraction of sp³-hybridized carbons (Fsp3) is 0.211. The lowest BCUT2D eigenvalue weighted by Crippen LogP contribution is -2.37. The number of amides is 1. The number of nitrogens with zero attached hydrogens (tertiary/aromatic N) is 2. The van der Waals surface area contributed by atoms with Gasteiger partial charge in [0, 0.05) is 22.7 Å². The van der Waals surface area contributed by atoms with Crippen LogP contribution in [0.25, 0.3) is 27.5 Å². The number of carbonyl (C=O) groups is 1. The van der Waals surface area contributed by atoms with Crippen LogP contribution in [-0.4, -0.2) is 34.7 Å². The summed E-state index contributed by atoms with van der Waals surface area (Å²) >= 11 is 1.12. The molecule has 2 N–H and O–H groups in total. The number of rotatable bonds is 4. The van der Waals surface area contributed by atoms with E-state index in [4.69, 9.17) is 0 Å². The number of aromatic nitrogens is 3. The van der Waals surface area contributed by atoms with E-state index in [9.17, 15) is 36.0 Å². The highest BCUT2D eigenvalue weighted by Crippen LogP contribution is 2.35. The van der Waals surface area contributed by atoms with E-state index in [1.807, 2.05) is 0 Å². The zero-order chi connectivity index (χ0) is 24.3. The number of aromatic amines is 1. The first-order valence-corrected chi connectivity index (χ1v) is 12.1. The average Bonchev–Trinajstić information content (AvgIpc) is 3.28. The van der Waals surface area contributed by atoms with Crippen LogP contribution >= 0.6 is 11.3 Å². The summed E-state index contributed by atoms with van der Waals surface area (Å²) in [6.07, 6.45) is -4.02. The maximum atomic E-state index is 13.4. The van der Waals surface area contributed by atoms with Crippen LogP contribution in [0.3, 0.4) is 0 Å². The molecule has 0 atom stereocenters. The van der Waals surface area contributed by atoms with Crippen LogP contribution in [0.15, 0.2) is 38.5 Å². The number of H-pyrrole nitrogens is 1. The molecule has 14 heteroatoms. The first-order chi connectivity index (χ1) is 15.3. The fourth-order valence-electron chi connectivity index (χ4n) is 3.66. The predicted molar refractivity (Wildman–Crippen MR) is 117 cm³/mol. The van der Waals surface area contributed by atoms with Gasteiger partial charge in [-0.3, -0.25) is 9.59 Å². The van der Waals surface area contributed by atoms with Crippen LogP contribution in [0, 0.1) is 0 Å². The summed E-state index contributed by atoms with van der Waals surface area (Å²) < 4.78 is 67.3. The molecular formula is C19H15F3N4O5S2. The lowest BCUT2D eigenvalue weighted by atomic mass is 10.1. The molecular weight excluding hydrogens is 485 g/mol. The minimum absolute atomic E-state index is 0.0295. The standard InChI is InChI=1S/C19H15F3N4O5S2/c1-3-25-13-5-4-9(19(20,21)22)6-10(13)14(15(25)16(27)24-33(2,30)31)26-17(28)11-7-32-8-12(11)23-18(26)29/h4-8H,3H2,1-2H3,(H,23,29)(H,24,27). The van der Waals surface area contributed by atoms with Gasteiger partial charge in [-0.25, -0.2) is 22.5 Å². The van der Waals surface area contributed by atoms with Gasteiger partial charge in [-0.1, -0.05) is 0 Å².